The number of guanidine groups is 1. The number of aromatic hydroxyl groups is 1. The van der Waals surface area contributed by atoms with Gasteiger partial charge in [-0.2, -0.15) is 0 Å². The molecule has 10 N–H and O–H groups in total. The standard InChI is InChI=1S/C68H82N4O11/c1-6-64(77)71-37-48-32-55(45-12-8-10-42(26-45)22-24-81-7-2)53-23-25-82-51(30-47-33-60(75)56(48)31-46(47)27-44(38-73)16-15-41-11-9-13-49(28-41)72-68(69)70-4)34-50(74)19-17-43-18-21-62(80-5)63(29-43)83-39-59-52-20-14-40(3)54-36-61(76)66(53)58(65(52)54)35-57(59)67(78)79/h8-14,18,20-21,26,28-29,31,33,35-36,40,44,46-48,51,53,55,64,67,71,73,75-79H,6-7,15-17,19,22,24,27,30,32,34,37-39H2,1-5H3,(H3,69,70,72)/t40-,44+,46+,47-,48-,51-,53+,55+,64+/m0/s1. The zero-order valence-corrected chi connectivity index (χ0v) is 48.4. The number of nitrogens with zero attached hydrogens (tertiary/aromatic N) is 1. The van der Waals surface area contributed by atoms with Gasteiger partial charge in [-0.25, -0.2) is 0 Å². The summed E-state index contributed by atoms with van der Waals surface area (Å²) < 4.78 is 25.0. The largest absolute Gasteiger partial charge is 0.508 e. The Labute approximate surface area is 488 Å². The SMILES string of the molecule is CCOCCc1cccc([C@H]2C[C@@H](CN[C@H](O)CC)C3=C[C@@H](C[C@H](CO)CCc4cccc(NC(N)=NC)c4)[C@H](C=C3O)C[C@H]3CC(=O)CCc4ccc(OC)c(c4)OCc4c(C(O)O)cc5c(c(O)cc6c5c4C=C[C@@H]6C)[C@@H]2C#CO3)c1. The average Bonchev–Trinajstić information content (AvgIpc) is 1.93. The third-order valence-corrected chi connectivity index (χ3v) is 17.3. The van der Waals surface area contributed by atoms with E-state index in [0.717, 1.165) is 38.9 Å². The number of fused-ring (bicyclic) bond motifs is 8. The molecule has 0 saturated heterocycles. The second kappa shape index (κ2) is 27.9. The Kier molecular flexibility index (Phi) is 20.3. The highest BCUT2D eigenvalue weighted by Gasteiger charge is 2.38. The van der Waals surface area contributed by atoms with E-state index in [2.05, 4.69) is 58.9 Å². The minimum atomic E-state index is -1.95. The third kappa shape index (κ3) is 14.4. The summed E-state index contributed by atoms with van der Waals surface area (Å²) in [5, 5.41) is 78.6. The Morgan fingerprint density at radius 1 is 0.964 bits per heavy atom. The number of anilines is 1. The molecule has 5 aromatic rings. The molecule has 4 heterocycles. The van der Waals surface area contributed by atoms with Crippen molar-refractivity contribution in [3.63, 3.8) is 0 Å². The van der Waals surface area contributed by atoms with E-state index in [4.69, 9.17) is 24.7 Å². The number of allylic oxidation sites excluding steroid dienone is 4. The molecule has 0 fully saturated rings. The zero-order chi connectivity index (χ0) is 58.7. The minimum Gasteiger partial charge on any atom is -0.508 e. The number of aliphatic imine (C=N–C) groups is 1. The first-order chi connectivity index (χ1) is 40.2. The van der Waals surface area contributed by atoms with Crippen molar-refractivity contribution in [3.8, 4) is 29.3 Å². The van der Waals surface area contributed by atoms with Crippen LogP contribution in [0.1, 0.15) is 140 Å². The number of benzene rings is 5. The molecule has 6 aliphatic rings. The Morgan fingerprint density at radius 3 is 2.53 bits per heavy atom. The normalized spacial score (nSPS) is 22.5. The number of nitrogens with one attached hydrogen (secondary N) is 2. The van der Waals surface area contributed by atoms with Crippen molar-refractivity contribution in [2.45, 2.75) is 128 Å². The highest BCUT2D eigenvalue weighted by Crippen LogP contribution is 2.51. The van der Waals surface area contributed by atoms with E-state index in [1.807, 2.05) is 74.5 Å². The fourth-order valence-corrected chi connectivity index (χ4v) is 12.7. The van der Waals surface area contributed by atoms with Crippen LogP contribution in [0.15, 0.2) is 113 Å². The lowest BCUT2D eigenvalue weighted by Crippen LogP contribution is -2.35. The lowest BCUT2D eigenvalue weighted by molar-refractivity contribution is -0.121. The van der Waals surface area contributed by atoms with Crippen molar-refractivity contribution in [2.75, 3.05) is 45.8 Å². The summed E-state index contributed by atoms with van der Waals surface area (Å²) in [7, 11) is 3.18. The quantitative estimate of drug-likeness (QED) is 0.0131. The molecule has 0 unspecified atom stereocenters. The number of carbonyl (C=O) groups excluding carboxylic acids is 1. The first-order valence-electron chi connectivity index (χ1n) is 29.5. The van der Waals surface area contributed by atoms with Gasteiger partial charge in [0.1, 0.15) is 42.3 Å². The molecule has 0 radical (unpaired) electrons. The molecule has 11 rings (SSSR count). The van der Waals surface area contributed by atoms with Crippen LogP contribution in [0.5, 0.6) is 17.2 Å². The van der Waals surface area contributed by atoms with Gasteiger partial charge >= 0.3 is 0 Å². The maximum absolute atomic E-state index is 14.5. The van der Waals surface area contributed by atoms with E-state index in [1.165, 1.54) is 0 Å². The van der Waals surface area contributed by atoms with Crippen LogP contribution in [-0.2, 0) is 40.1 Å². The summed E-state index contributed by atoms with van der Waals surface area (Å²) in [5.41, 5.74) is 14.0. The summed E-state index contributed by atoms with van der Waals surface area (Å²) in [4.78, 5) is 18.5. The predicted octanol–water partition coefficient (Wildman–Crippen LogP) is 10.3. The van der Waals surface area contributed by atoms with Crippen LogP contribution in [0, 0.1) is 35.7 Å². The molecular weight excluding hydrogens is 1050 g/mol. The Hall–Kier alpha value is -7.16. The summed E-state index contributed by atoms with van der Waals surface area (Å²) in [6.07, 6.45) is 11.8. The molecule has 0 aromatic heterocycles. The van der Waals surface area contributed by atoms with E-state index in [1.54, 1.807) is 32.4 Å². The molecule has 440 valence electrons. The molecule has 10 bridgehead atoms. The second-order valence-electron chi connectivity index (χ2n) is 22.7. The fraction of sp³-hybridized carbons (Fsp3) is 0.441. The number of ketones is 1. The number of phenolic OH excluding ortho intramolecular Hbond substituents is 1. The fourth-order valence-electron chi connectivity index (χ4n) is 12.7. The van der Waals surface area contributed by atoms with E-state index >= 15 is 0 Å². The predicted molar refractivity (Wildman–Crippen MR) is 324 cm³/mol. The van der Waals surface area contributed by atoms with Gasteiger partial charge in [-0.05, 0) is 168 Å². The van der Waals surface area contributed by atoms with Crippen LogP contribution in [-0.4, -0.2) is 95.2 Å². The minimum absolute atomic E-state index is 0.0117. The smallest absolute Gasteiger partial charge is 0.192 e. The van der Waals surface area contributed by atoms with Gasteiger partial charge in [0.15, 0.2) is 23.7 Å². The van der Waals surface area contributed by atoms with Crippen molar-refractivity contribution < 1.29 is 54.4 Å². The van der Waals surface area contributed by atoms with Crippen LogP contribution in [0.2, 0.25) is 0 Å². The maximum atomic E-state index is 14.5. The Balaban J connectivity index is 1.26. The van der Waals surface area contributed by atoms with Gasteiger partial charge in [0, 0.05) is 79.8 Å². The molecule has 83 heavy (non-hydrogen) atoms. The van der Waals surface area contributed by atoms with Gasteiger partial charge in [-0.1, -0.05) is 80.5 Å². The molecule has 0 amide bonds. The van der Waals surface area contributed by atoms with Gasteiger partial charge < -0.3 is 60.6 Å². The number of aliphatic hydroxyl groups is 5. The Morgan fingerprint density at radius 2 is 1.77 bits per heavy atom. The van der Waals surface area contributed by atoms with E-state index in [-0.39, 0.29) is 79.1 Å². The first kappa shape index (κ1) is 60.4. The van der Waals surface area contributed by atoms with E-state index in [0.29, 0.717) is 110 Å². The molecule has 2 aliphatic carbocycles. The number of hydrogen-bond donors (Lipinski definition) is 9. The summed E-state index contributed by atoms with van der Waals surface area (Å²) in [6.45, 7) is 7.07. The summed E-state index contributed by atoms with van der Waals surface area (Å²) >= 11 is 0. The number of rotatable bonds is 18. The number of ether oxygens (including phenoxy) is 4. The second-order valence-corrected chi connectivity index (χ2v) is 22.7. The number of methoxy groups -OCH3 is 1. The van der Waals surface area contributed by atoms with Crippen molar-refractivity contribution in [1.82, 2.24) is 5.32 Å². The molecule has 5 aromatic carbocycles. The molecule has 9 atom stereocenters. The van der Waals surface area contributed by atoms with Crippen molar-refractivity contribution in [2.24, 2.45) is 34.4 Å². The average molecular weight is 1130 g/mol. The monoisotopic (exact) mass is 1130 g/mol. The number of nitrogens with two attached hydrogens (primary N) is 1. The topological polar surface area (TPSA) is 238 Å². The van der Waals surface area contributed by atoms with E-state index in [9.17, 15) is 35.4 Å². The van der Waals surface area contributed by atoms with Crippen LogP contribution in [0.3, 0.4) is 0 Å². The van der Waals surface area contributed by atoms with E-state index < -0.39 is 36.4 Å². The molecule has 15 nitrogen and oxygen atoms in total. The lowest BCUT2D eigenvalue weighted by Gasteiger charge is -2.36. The first-order valence-corrected chi connectivity index (χ1v) is 29.5. The van der Waals surface area contributed by atoms with Crippen molar-refractivity contribution in [1.29, 1.82) is 0 Å². The van der Waals surface area contributed by atoms with Gasteiger partial charge in [0.25, 0.3) is 0 Å². The molecular formula is C68H82N4O11. The Bertz CT molecular complexity index is 3300. The number of aliphatic hydroxyl groups excluding tert-OH is 4. The van der Waals surface area contributed by atoms with Crippen LogP contribution in [0.4, 0.5) is 5.69 Å². The van der Waals surface area contributed by atoms with Gasteiger partial charge in [0.05, 0.1) is 19.6 Å². The lowest BCUT2D eigenvalue weighted by atomic mass is 9.70. The van der Waals surface area contributed by atoms with Gasteiger partial charge in [-0.15, -0.1) is 0 Å². The third-order valence-electron chi connectivity index (χ3n) is 17.3. The molecule has 0 spiro atoms. The summed E-state index contributed by atoms with van der Waals surface area (Å²) in [5.74, 6) is 1.95. The summed E-state index contributed by atoms with van der Waals surface area (Å²) in [6, 6.07) is 25.3. The number of hydrogen-bond acceptors (Lipinski definition) is 13. The number of aryl methyl sites for hydroxylation is 2. The van der Waals surface area contributed by atoms with Crippen molar-refractivity contribution >= 4 is 34.3 Å². The number of carbonyl (C=O) groups is 1. The number of Topliss-reactive ketones (excluding diaryl/α,β-unsaturated/α-hetero) is 1. The maximum Gasteiger partial charge on any atom is 0.192 e. The van der Waals surface area contributed by atoms with Gasteiger partial charge in [-0.3, -0.25) is 15.1 Å². The molecule has 4 aliphatic heterocycles. The highest BCUT2D eigenvalue weighted by molar-refractivity contribution is 6.01. The van der Waals surface area contributed by atoms with Gasteiger partial charge in [0.2, 0.25) is 0 Å². The van der Waals surface area contributed by atoms with Crippen molar-refractivity contribution in [3.05, 3.63) is 158 Å². The molecule has 15 heteroatoms. The molecule has 0 saturated carbocycles. The van der Waals surface area contributed by atoms with Crippen LogP contribution in [0.25, 0.3) is 16.8 Å². The zero-order valence-electron chi connectivity index (χ0n) is 48.4. The van der Waals surface area contributed by atoms with Crippen LogP contribution < -0.4 is 25.8 Å². The highest BCUT2D eigenvalue weighted by atomic mass is 16.5. The van der Waals surface area contributed by atoms with Crippen LogP contribution >= 0.6 is 0 Å². The number of phenols is 1.